The van der Waals surface area contributed by atoms with E-state index in [1.807, 2.05) is 20.8 Å². The summed E-state index contributed by atoms with van der Waals surface area (Å²) < 4.78 is 27.0. The zero-order valence-corrected chi connectivity index (χ0v) is 13.8. The predicted molar refractivity (Wildman–Crippen MR) is 83.3 cm³/mol. The minimum atomic E-state index is -3.80. The van der Waals surface area contributed by atoms with Gasteiger partial charge in [0.05, 0.1) is 10.9 Å². The summed E-state index contributed by atoms with van der Waals surface area (Å²) in [5.74, 6) is -0.382. The number of hydrogen-bond acceptors (Lipinski definition) is 4. The lowest BCUT2D eigenvalue weighted by Gasteiger charge is -2.23. The van der Waals surface area contributed by atoms with E-state index in [0.29, 0.717) is 11.3 Å². The van der Waals surface area contributed by atoms with Crippen LogP contribution >= 0.6 is 0 Å². The molecule has 0 heterocycles. The Labute approximate surface area is 126 Å². The van der Waals surface area contributed by atoms with E-state index in [-0.39, 0.29) is 10.8 Å². The third kappa shape index (κ3) is 5.02. The Morgan fingerprint density at radius 2 is 1.86 bits per heavy atom. The standard InChI is InChI=1S/C14H23N3O3S/c1-9-6-7-11(15)8-12(9)21(19,20)17-10(2)13(18)16-14(3,4)5/h6-8,10,17H,15H2,1-5H3,(H,16,18). The van der Waals surface area contributed by atoms with Gasteiger partial charge in [-0.2, -0.15) is 4.72 Å². The maximum Gasteiger partial charge on any atom is 0.241 e. The number of nitrogens with two attached hydrogens (primary N) is 1. The fraction of sp³-hybridized carbons (Fsp3) is 0.500. The van der Waals surface area contributed by atoms with Crippen molar-refractivity contribution in [2.75, 3.05) is 5.73 Å². The van der Waals surface area contributed by atoms with Crippen molar-refractivity contribution in [3.05, 3.63) is 23.8 Å². The highest BCUT2D eigenvalue weighted by molar-refractivity contribution is 7.89. The Hall–Kier alpha value is -1.60. The zero-order valence-electron chi connectivity index (χ0n) is 13.0. The Morgan fingerprint density at radius 1 is 1.29 bits per heavy atom. The molecular weight excluding hydrogens is 290 g/mol. The monoisotopic (exact) mass is 313 g/mol. The first-order valence-electron chi connectivity index (χ1n) is 6.63. The van der Waals surface area contributed by atoms with Crippen molar-refractivity contribution in [3.63, 3.8) is 0 Å². The first-order valence-corrected chi connectivity index (χ1v) is 8.11. The first-order chi connectivity index (χ1) is 9.42. The van der Waals surface area contributed by atoms with E-state index < -0.39 is 21.6 Å². The molecule has 1 atom stereocenters. The molecule has 21 heavy (non-hydrogen) atoms. The number of amides is 1. The Morgan fingerprint density at radius 3 is 2.38 bits per heavy atom. The number of nitrogens with one attached hydrogen (secondary N) is 2. The van der Waals surface area contributed by atoms with Crippen LogP contribution < -0.4 is 15.8 Å². The van der Waals surface area contributed by atoms with Gasteiger partial charge in [0.1, 0.15) is 0 Å². The molecule has 118 valence electrons. The molecule has 0 fully saturated rings. The third-order valence-electron chi connectivity index (χ3n) is 2.73. The van der Waals surface area contributed by atoms with Crippen LogP contribution in [0, 0.1) is 6.92 Å². The lowest BCUT2D eigenvalue weighted by atomic mass is 10.1. The number of nitrogen functional groups attached to an aromatic ring is 1. The zero-order chi connectivity index (χ0) is 16.4. The van der Waals surface area contributed by atoms with Gasteiger partial charge in [0.25, 0.3) is 0 Å². The molecule has 7 heteroatoms. The largest absolute Gasteiger partial charge is 0.399 e. The van der Waals surface area contributed by atoms with Gasteiger partial charge in [-0.25, -0.2) is 8.42 Å². The summed E-state index contributed by atoms with van der Waals surface area (Å²) in [4.78, 5) is 12.0. The molecular formula is C14H23N3O3S. The molecule has 1 aromatic carbocycles. The number of carbonyl (C=O) groups is 1. The number of benzene rings is 1. The quantitative estimate of drug-likeness (QED) is 0.726. The van der Waals surface area contributed by atoms with Crippen LogP contribution in [0.4, 0.5) is 5.69 Å². The predicted octanol–water partition coefficient (Wildman–Crippen LogP) is 1.16. The fourth-order valence-corrected chi connectivity index (χ4v) is 3.22. The molecule has 0 aliphatic carbocycles. The van der Waals surface area contributed by atoms with Gasteiger partial charge in [0, 0.05) is 11.2 Å². The molecule has 1 aromatic rings. The first kappa shape index (κ1) is 17.5. The lowest BCUT2D eigenvalue weighted by molar-refractivity contribution is -0.123. The third-order valence-corrected chi connectivity index (χ3v) is 4.41. The van der Waals surface area contributed by atoms with E-state index in [9.17, 15) is 13.2 Å². The van der Waals surface area contributed by atoms with Gasteiger partial charge < -0.3 is 11.1 Å². The van der Waals surface area contributed by atoms with Crippen LogP contribution in [0.25, 0.3) is 0 Å². The summed E-state index contributed by atoms with van der Waals surface area (Å²) >= 11 is 0. The summed E-state index contributed by atoms with van der Waals surface area (Å²) in [7, 11) is -3.80. The normalized spacial score (nSPS) is 13.8. The maximum absolute atomic E-state index is 12.3. The van der Waals surface area contributed by atoms with E-state index >= 15 is 0 Å². The lowest BCUT2D eigenvalue weighted by Crippen LogP contribution is -2.50. The molecule has 0 saturated heterocycles. The summed E-state index contributed by atoms with van der Waals surface area (Å²) in [5.41, 5.74) is 6.12. The molecule has 6 nitrogen and oxygen atoms in total. The van der Waals surface area contributed by atoms with E-state index in [2.05, 4.69) is 10.0 Å². The number of carbonyl (C=O) groups excluding carboxylic acids is 1. The fourth-order valence-electron chi connectivity index (χ4n) is 1.73. The molecule has 4 N–H and O–H groups in total. The Kier molecular flexibility index (Phi) is 5.01. The van der Waals surface area contributed by atoms with Crippen LogP contribution in [0.15, 0.2) is 23.1 Å². The molecule has 0 saturated carbocycles. The summed E-state index contributed by atoms with van der Waals surface area (Å²) in [5, 5.41) is 2.73. The van der Waals surface area contributed by atoms with Crippen molar-refractivity contribution in [1.29, 1.82) is 0 Å². The molecule has 0 bridgehead atoms. The van der Waals surface area contributed by atoms with Crippen molar-refractivity contribution >= 4 is 21.6 Å². The van der Waals surface area contributed by atoms with E-state index in [1.165, 1.54) is 13.0 Å². The summed E-state index contributed by atoms with van der Waals surface area (Å²) in [6.45, 7) is 8.66. The number of sulfonamides is 1. The van der Waals surface area contributed by atoms with Gasteiger partial charge in [-0.3, -0.25) is 4.79 Å². The van der Waals surface area contributed by atoms with Crippen LogP contribution in [-0.4, -0.2) is 25.9 Å². The molecule has 1 unspecified atom stereocenters. The minimum absolute atomic E-state index is 0.0814. The van der Waals surface area contributed by atoms with E-state index in [0.717, 1.165) is 0 Å². The average molecular weight is 313 g/mol. The SMILES string of the molecule is Cc1ccc(N)cc1S(=O)(=O)NC(C)C(=O)NC(C)(C)C. The number of rotatable bonds is 4. The van der Waals surface area contributed by atoms with E-state index in [4.69, 9.17) is 5.73 Å². The highest BCUT2D eigenvalue weighted by Gasteiger charge is 2.25. The van der Waals surface area contributed by atoms with Crippen molar-refractivity contribution in [3.8, 4) is 0 Å². The van der Waals surface area contributed by atoms with Crippen LogP contribution in [0.1, 0.15) is 33.3 Å². The Balaban J connectivity index is 2.95. The minimum Gasteiger partial charge on any atom is -0.399 e. The van der Waals surface area contributed by atoms with Crippen LogP contribution in [0.2, 0.25) is 0 Å². The highest BCUT2D eigenvalue weighted by atomic mass is 32.2. The number of aryl methyl sites for hydroxylation is 1. The highest BCUT2D eigenvalue weighted by Crippen LogP contribution is 2.18. The summed E-state index contributed by atoms with van der Waals surface area (Å²) in [6.07, 6.45) is 0. The van der Waals surface area contributed by atoms with Crippen LogP contribution in [-0.2, 0) is 14.8 Å². The van der Waals surface area contributed by atoms with Crippen molar-refractivity contribution in [2.24, 2.45) is 0 Å². The maximum atomic E-state index is 12.3. The Bertz CT molecular complexity index is 633. The average Bonchev–Trinajstić information content (AvgIpc) is 2.29. The molecule has 0 radical (unpaired) electrons. The smallest absolute Gasteiger partial charge is 0.241 e. The molecule has 1 amide bonds. The molecule has 0 aliphatic rings. The number of anilines is 1. The van der Waals surface area contributed by atoms with Gasteiger partial charge in [0.15, 0.2) is 0 Å². The van der Waals surface area contributed by atoms with Crippen molar-refractivity contribution in [1.82, 2.24) is 10.0 Å². The van der Waals surface area contributed by atoms with Crippen molar-refractivity contribution < 1.29 is 13.2 Å². The van der Waals surface area contributed by atoms with Gasteiger partial charge >= 0.3 is 0 Å². The second-order valence-electron chi connectivity index (χ2n) is 6.11. The van der Waals surface area contributed by atoms with Gasteiger partial charge in [-0.05, 0) is 52.3 Å². The van der Waals surface area contributed by atoms with Gasteiger partial charge in [-0.15, -0.1) is 0 Å². The van der Waals surface area contributed by atoms with Crippen LogP contribution in [0.3, 0.4) is 0 Å². The van der Waals surface area contributed by atoms with Crippen molar-refractivity contribution in [2.45, 2.75) is 51.1 Å². The van der Waals surface area contributed by atoms with Crippen LogP contribution in [0.5, 0.6) is 0 Å². The molecule has 1 rings (SSSR count). The molecule has 0 aliphatic heterocycles. The van der Waals surface area contributed by atoms with Gasteiger partial charge in [-0.1, -0.05) is 6.07 Å². The number of hydrogen-bond donors (Lipinski definition) is 3. The topological polar surface area (TPSA) is 101 Å². The van der Waals surface area contributed by atoms with E-state index in [1.54, 1.807) is 19.1 Å². The molecule has 0 aromatic heterocycles. The second-order valence-corrected chi connectivity index (χ2v) is 7.79. The van der Waals surface area contributed by atoms with Gasteiger partial charge in [0.2, 0.25) is 15.9 Å². The molecule has 0 spiro atoms. The second kappa shape index (κ2) is 6.03. The summed E-state index contributed by atoms with van der Waals surface area (Å²) in [6, 6.07) is 3.76.